The molecular weight excluding hydrogens is 603 g/mol. The summed E-state index contributed by atoms with van der Waals surface area (Å²) in [6.07, 6.45) is 1.68. The van der Waals surface area contributed by atoms with Crippen LogP contribution < -0.4 is 20.1 Å². The fraction of sp³-hybridized carbons (Fsp3) is 0.0800. The van der Waals surface area contributed by atoms with Crippen LogP contribution in [0.4, 0.5) is 20.2 Å². The minimum absolute atomic E-state index is 0.286. The lowest BCUT2D eigenvalue weighted by molar-refractivity contribution is -0.118. The highest BCUT2D eigenvalue weighted by molar-refractivity contribution is 14.1. The van der Waals surface area contributed by atoms with Crippen LogP contribution in [0.2, 0.25) is 0 Å². The third-order valence-corrected chi connectivity index (χ3v) is 6.44. The smallest absolute Gasteiger partial charge is 0.264 e. The summed E-state index contributed by atoms with van der Waals surface area (Å²) in [5.74, 6) is -0.746. The summed E-state index contributed by atoms with van der Waals surface area (Å²) >= 11 is 3.21. The van der Waals surface area contributed by atoms with Crippen LogP contribution in [0.1, 0.15) is 5.56 Å². The van der Waals surface area contributed by atoms with Gasteiger partial charge in [0.1, 0.15) is 11.6 Å². The normalized spacial score (nSPS) is 15.2. The fourth-order valence-electron chi connectivity index (χ4n) is 3.10. The second-order valence-corrected chi connectivity index (χ2v) is 9.53. The summed E-state index contributed by atoms with van der Waals surface area (Å²) in [5.41, 5.74) is 1.64. The number of nitrogens with one attached hydrogen (secondary N) is 2. The molecule has 36 heavy (non-hydrogen) atoms. The van der Waals surface area contributed by atoms with Crippen molar-refractivity contribution in [2.45, 2.75) is 0 Å². The number of amides is 2. The van der Waals surface area contributed by atoms with Gasteiger partial charge in [0, 0.05) is 5.69 Å². The van der Waals surface area contributed by atoms with Gasteiger partial charge in [-0.2, -0.15) is 0 Å². The van der Waals surface area contributed by atoms with E-state index >= 15 is 0 Å². The van der Waals surface area contributed by atoms with Gasteiger partial charge in [0.25, 0.3) is 11.8 Å². The van der Waals surface area contributed by atoms with Crippen molar-refractivity contribution in [2.75, 3.05) is 19.0 Å². The molecule has 0 atom stereocenters. The fourth-order valence-corrected chi connectivity index (χ4v) is 4.72. The first-order chi connectivity index (χ1) is 17.3. The number of hydrogen-bond acceptors (Lipinski definition) is 6. The van der Waals surface area contributed by atoms with Crippen LogP contribution in [0.15, 0.2) is 70.6 Å². The summed E-state index contributed by atoms with van der Waals surface area (Å²) in [5, 5.41) is 5.69. The number of halogens is 3. The van der Waals surface area contributed by atoms with Gasteiger partial charge in [0.15, 0.2) is 23.3 Å². The van der Waals surface area contributed by atoms with Crippen molar-refractivity contribution in [1.82, 2.24) is 5.32 Å². The van der Waals surface area contributed by atoms with Crippen LogP contribution in [-0.4, -0.2) is 30.7 Å². The number of hydrogen-bond donors (Lipinski definition) is 2. The van der Waals surface area contributed by atoms with Gasteiger partial charge in [-0.15, -0.1) is 0 Å². The molecule has 0 spiro atoms. The van der Waals surface area contributed by atoms with Crippen LogP contribution in [0, 0.1) is 15.2 Å². The Morgan fingerprint density at radius 1 is 1.11 bits per heavy atom. The molecule has 1 aliphatic heterocycles. The van der Waals surface area contributed by atoms with Gasteiger partial charge >= 0.3 is 0 Å². The Labute approximate surface area is 223 Å². The number of rotatable bonds is 7. The van der Waals surface area contributed by atoms with E-state index in [0.717, 1.165) is 11.8 Å². The molecule has 0 radical (unpaired) electrons. The first-order valence-corrected chi connectivity index (χ1v) is 12.3. The molecule has 1 heterocycles. The van der Waals surface area contributed by atoms with E-state index in [1.54, 1.807) is 18.2 Å². The highest BCUT2D eigenvalue weighted by Crippen LogP contribution is 2.36. The van der Waals surface area contributed by atoms with Crippen LogP contribution in [0.3, 0.4) is 0 Å². The lowest BCUT2D eigenvalue weighted by Gasteiger charge is -2.14. The van der Waals surface area contributed by atoms with E-state index < -0.39 is 11.7 Å². The number of benzene rings is 3. The Kier molecular flexibility index (Phi) is 8.21. The molecule has 0 unspecified atom stereocenters. The average Bonchev–Trinajstić information content (AvgIpc) is 3.19. The number of methoxy groups -OCH3 is 1. The summed E-state index contributed by atoms with van der Waals surface area (Å²) < 4.78 is 37.9. The Bertz CT molecular complexity index is 1360. The quantitative estimate of drug-likeness (QED) is 0.269. The van der Waals surface area contributed by atoms with Gasteiger partial charge in [-0.25, -0.2) is 13.8 Å². The van der Waals surface area contributed by atoms with E-state index in [4.69, 9.17) is 9.47 Å². The van der Waals surface area contributed by atoms with Crippen molar-refractivity contribution >= 4 is 68.8 Å². The monoisotopic (exact) mass is 621 g/mol. The molecule has 3 aromatic carbocycles. The van der Waals surface area contributed by atoms with Crippen molar-refractivity contribution in [3.05, 3.63) is 86.3 Å². The molecule has 0 aliphatic carbocycles. The maximum atomic E-state index is 13.1. The Morgan fingerprint density at radius 2 is 1.78 bits per heavy atom. The number of nitrogens with zero attached hydrogens (tertiary/aromatic N) is 1. The number of ether oxygens (including phenoxy) is 2. The summed E-state index contributed by atoms with van der Waals surface area (Å²) in [7, 11) is 1.47. The third kappa shape index (κ3) is 6.61. The molecule has 2 N–H and O–H groups in total. The molecule has 1 aliphatic rings. The minimum Gasteiger partial charge on any atom is -0.493 e. The average molecular weight is 621 g/mol. The van der Waals surface area contributed by atoms with Crippen molar-refractivity contribution in [2.24, 2.45) is 4.99 Å². The number of amidine groups is 1. The number of carbonyl (C=O) groups excluding carboxylic acids is 2. The Hall–Kier alpha value is -3.45. The number of thioether (sulfide) groups is 1. The van der Waals surface area contributed by atoms with E-state index in [2.05, 4.69) is 38.2 Å². The standard InChI is InChI=1S/C25H18F2IN3O4S/c1-34-20-11-14(12-21-24(33)31-25(36-21)30-18-8-4-16(27)5-9-18)10-19(28)23(20)35-13-22(32)29-17-6-2-15(26)3-7-17/h2-12H,13H2,1H3,(H,29,32)(H,30,31,33)/b21-12+. The zero-order valence-electron chi connectivity index (χ0n) is 18.7. The molecule has 0 saturated carbocycles. The lowest BCUT2D eigenvalue weighted by Crippen LogP contribution is -2.20. The first kappa shape index (κ1) is 25.6. The van der Waals surface area contributed by atoms with Gasteiger partial charge in [-0.3, -0.25) is 9.59 Å². The zero-order valence-corrected chi connectivity index (χ0v) is 21.7. The summed E-state index contributed by atoms with van der Waals surface area (Å²) in [6, 6.07) is 14.5. The van der Waals surface area contributed by atoms with E-state index in [1.807, 2.05) is 0 Å². The predicted molar refractivity (Wildman–Crippen MR) is 143 cm³/mol. The van der Waals surface area contributed by atoms with E-state index in [1.165, 1.54) is 55.6 Å². The van der Waals surface area contributed by atoms with Gasteiger partial charge in [-0.05, 0) is 107 Å². The third-order valence-electron chi connectivity index (χ3n) is 4.73. The molecule has 3 aromatic rings. The van der Waals surface area contributed by atoms with Crippen molar-refractivity contribution in [1.29, 1.82) is 0 Å². The Morgan fingerprint density at radius 3 is 2.44 bits per heavy atom. The highest BCUT2D eigenvalue weighted by Gasteiger charge is 2.24. The van der Waals surface area contributed by atoms with Crippen LogP contribution in [0.25, 0.3) is 6.08 Å². The first-order valence-electron chi connectivity index (χ1n) is 10.4. The van der Waals surface area contributed by atoms with E-state index in [0.29, 0.717) is 42.1 Å². The molecule has 1 fully saturated rings. The maximum absolute atomic E-state index is 13.1. The second kappa shape index (κ2) is 11.5. The summed E-state index contributed by atoms with van der Waals surface area (Å²) in [4.78, 5) is 29.4. The molecule has 1 saturated heterocycles. The number of aliphatic imine (C=N–C) groups is 1. The van der Waals surface area contributed by atoms with Crippen molar-refractivity contribution < 1.29 is 27.8 Å². The molecular formula is C25H18F2IN3O4S. The summed E-state index contributed by atoms with van der Waals surface area (Å²) in [6.45, 7) is -0.286. The maximum Gasteiger partial charge on any atom is 0.264 e. The van der Waals surface area contributed by atoms with Gasteiger partial charge < -0.3 is 20.1 Å². The van der Waals surface area contributed by atoms with Crippen molar-refractivity contribution in [3.8, 4) is 11.5 Å². The molecule has 184 valence electrons. The highest BCUT2D eigenvalue weighted by atomic mass is 127. The lowest BCUT2D eigenvalue weighted by atomic mass is 10.2. The molecule has 7 nitrogen and oxygen atoms in total. The number of anilines is 1. The largest absolute Gasteiger partial charge is 0.493 e. The van der Waals surface area contributed by atoms with Gasteiger partial charge in [0.2, 0.25) is 0 Å². The van der Waals surface area contributed by atoms with Crippen LogP contribution >= 0.6 is 34.4 Å². The number of carbonyl (C=O) groups is 2. The Balaban J connectivity index is 1.45. The predicted octanol–water partition coefficient (Wildman–Crippen LogP) is 5.49. The SMILES string of the molecule is COc1cc(/C=C2/SC(=Nc3ccc(F)cc3)NC2=O)cc(I)c1OCC(=O)Nc1ccc(F)cc1. The van der Waals surface area contributed by atoms with E-state index in [9.17, 15) is 18.4 Å². The molecule has 0 bridgehead atoms. The second-order valence-electron chi connectivity index (χ2n) is 7.34. The molecule has 11 heteroatoms. The van der Waals surface area contributed by atoms with E-state index in [-0.39, 0.29) is 18.3 Å². The molecule has 2 amide bonds. The molecule has 0 aromatic heterocycles. The van der Waals surface area contributed by atoms with Crippen LogP contribution in [0.5, 0.6) is 11.5 Å². The van der Waals surface area contributed by atoms with Crippen molar-refractivity contribution in [3.63, 3.8) is 0 Å². The minimum atomic E-state index is -0.419. The van der Waals surface area contributed by atoms with Gasteiger partial charge in [-0.1, -0.05) is 0 Å². The molecule has 4 rings (SSSR count). The van der Waals surface area contributed by atoms with Crippen LogP contribution in [-0.2, 0) is 9.59 Å². The van der Waals surface area contributed by atoms with Gasteiger partial charge in [0.05, 0.1) is 21.3 Å². The zero-order chi connectivity index (χ0) is 25.7. The topological polar surface area (TPSA) is 89.0 Å².